The van der Waals surface area contributed by atoms with Crippen LogP contribution < -0.4 is 5.32 Å². The molecule has 0 bridgehead atoms. The Morgan fingerprint density at radius 1 is 1.19 bits per heavy atom. The van der Waals surface area contributed by atoms with Crippen LogP contribution in [0.3, 0.4) is 0 Å². The summed E-state index contributed by atoms with van der Waals surface area (Å²) in [4.78, 5) is 12.5. The molecule has 1 N–H and O–H groups in total. The molecule has 16 heavy (non-hydrogen) atoms. The molecule has 0 radical (unpaired) electrons. The first-order chi connectivity index (χ1) is 7.79. The van der Waals surface area contributed by atoms with E-state index in [1.54, 1.807) is 6.33 Å². The zero-order chi connectivity index (χ0) is 11.4. The van der Waals surface area contributed by atoms with E-state index in [0.29, 0.717) is 0 Å². The van der Waals surface area contributed by atoms with Crippen molar-refractivity contribution in [2.24, 2.45) is 0 Å². The molecule has 0 aliphatic rings. The van der Waals surface area contributed by atoms with E-state index in [9.17, 15) is 0 Å². The van der Waals surface area contributed by atoms with Gasteiger partial charge in [0.15, 0.2) is 0 Å². The minimum Gasteiger partial charge on any atom is -0.370 e. The van der Waals surface area contributed by atoms with Crippen molar-refractivity contribution >= 4 is 5.82 Å². The molecule has 2 aromatic heterocycles. The van der Waals surface area contributed by atoms with Gasteiger partial charge in [-0.05, 0) is 25.5 Å². The van der Waals surface area contributed by atoms with E-state index in [1.807, 2.05) is 32.3 Å². The summed E-state index contributed by atoms with van der Waals surface area (Å²) in [7, 11) is 0. The van der Waals surface area contributed by atoms with Gasteiger partial charge in [-0.2, -0.15) is 0 Å². The number of aromatic nitrogens is 3. The monoisotopic (exact) mass is 214 g/mol. The zero-order valence-corrected chi connectivity index (χ0v) is 9.44. The number of rotatable bonds is 3. The number of hydrogen-bond donors (Lipinski definition) is 1. The Morgan fingerprint density at radius 2 is 2.06 bits per heavy atom. The highest BCUT2D eigenvalue weighted by atomic mass is 15.0. The Hall–Kier alpha value is -1.97. The molecule has 0 aliphatic carbocycles. The fraction of sp³-hybridized carbons (Fsp3) is 0.250. The average molecular weight is 214 g/mol. The lowest BCUT2D eigenvalue weighted by molar-refractivity contribution is 1.11. The number of hydrogen-bond acceptors (Lipinski definition) is 4. The van der Waals surface area contributed by atoms with Gasteiger partial charge in [0.25, 0.3) is 0 Å². The van der Waals surface area contributed by atoms with Crippen molar-refractivity contribution in [3.8, 4) is 11.3 Å². The molecule has 0 saturated heterocycles. The van der Waals surface area contributed by atoms with Gasteiger partial charge in [0.1, 0.15) is 12.1 Å². The third-order valence-corrected chi connectivity index (χ3v) is 2.20. The molecule has 0 aliphatic heterocycles. The van der Waals surface area contributed by atoms with Crippen molar-refractivity contribution in [2.45, 2.75) is 13.8 Å². The highest BCUT2D eigenvalue weighted by Gasteiger charge is 2.01. The fourth-order valence-corrected chi connectivity index (χ4v) is 1.49. The van der Waals surface area contributed by atoms with Gasteiger partial charge in [0, 0.05) is 30.6 Å². The van der Waals surface area contributed by atoms with Crippen molar-refractivity contribution in [2.75, 3.05) is 11.9 Å². The molecule has 0 unspecified atom stereocenters. The third-order valence-electron chi connectivity index (χ3n) is 2.20. The highest BCUT2D eigenvalue weighted by molar-refractivity contribution is 5.61. The highest BCUT2D eigenvalue weighted by Crippen LogP contribution is 2.18. The molecule has 0 aromatic carbocycles. The lowest BCUT2D eigenvalue weighted by Crippen LogP contribution is -2.00. The van der Waals surface area contributed by atoms with Crippen molar-refractivity contribution < 1.29 is 0 Å². The van der Waals surface area contributed by atoms with Gasteiger partial charge in [0.05, 0.1) is 5.69 Å². The minimum atomic E-state index is 0.842. The van der Waals surface area contributed by atoms with Crippen molar-refractivity contribution in [3.63, 3.8) is 0 Å². The van der Waals surface area contributed by atoms with Crippen LogP contribution in [0, 0.1) is 6.92 Å². The molecule has 82 valence electrons. The van der Waals surface area contributed by atoms with E-state index < -0.39 is 0 Å². The summed E-state index contributed by atoms with van der Waals surface area (Å²) in [5, 5.41) is 3.16. The lowest BCUT2D eigenvalue weighted by Gasteiger charge is -2.04. The maximum Gasteiger partial charge on any atom is 0.129 e. The SMILES string of the molecule is CCNc1cc(-c2cncc(C)c2)ncn1. The largest absolute Gasteiger partial charge is 0.370 e. The van der Waals surface area contributed by atoms with Gasteiger partial charge in [0.2, 0.25) is 0 Å². The molecule has 0 spiro atoms. The van der Waals surface area contributed by atoms with E-state index in [4.69, 9.17) is 0 Å². The maximum atomic E-state index is 4.24. The van der Waals surface area contributed by atoms with Gasteiger partial charge >= 0.3 is 0 Å². The number of anilines is 1. The second-order valence-corrected chi connectivity index (χ2v) is 3.57. The second kappa shape index (κ2) is 4.70. The van der Waals surface area contributed by atoms with E-state index in [1.165, 1.54) is 0 Å². The molecule has 4 heteroatoms. The Morgan fingerprint density at radius 3 is 2.81 bits per heavy atom. The van der Waals surface area contributed by atoms with E-state index in [2.05, 4.69) is 26.3 Å². The van der Waals surface area contributed by atoms with Crippen molar-refractivity contribution in [1.82, 2.24) is 15.0 Å². The van der Waals surface area contributed by atoms with Crippen LogP contribution in [-0.2, 0) is 0 Å². The molecular weight excluding hydrogens is 200 g/mol. The molecule has 0 fully saturated rings. The standard InChI is InChI=1S/C12H14N4/c1-3-14-12-5-11(15-8-16-12)10-4-9(2)6-13-7-10/h4-8H,3H2,1-2H3,(H,14,15,16). The van der Waals surface area contributed by atoms with Crippen molar-refractivity contribution in [1.29, 1.82) is 0 Å². The Balaban J connectivity index is 2.36. The van der Waals surface area contributed by atoms with E-state index in [-0.39, 0.29) is 0 Å². The molecule has 2 aromatic rings. The van der Waals surface area contributed by atoms with E-state index in [0.717, 1.165) is 29.2 Å². The summed E-state index contributed by atoms with van der Waals surface area (Å²) in [5.41, 5.74) is 3.03. The summed E-state index contributed by atoms with van der Waals surface area (Å²) in [5.74, 6) is 0.842. The first-order valence-electron chi connectivity index (χ1n) is 5.27. The summed E-state index contributed by atoms with van der Waals surface area (Å²) in [6, 6.07) is 3.99. The zero-order valence-electron chi connectivity index (χ0n) is 9.44. The van der Waals surface area contributed by atoms with Crippen LogP contribution in [0.15, 0.2) is 30.9 Å². The van der Waals surface area contributed by atoms with Crippen LogP contribution in [-0.4, -0.2) is 21.5 Å². The van der Waals surface area contributed by atoms with Crippen LogP contribution >= 0.6 is 0 Å². The molecular formula is C12H14N4. The molecule has 0 saturated carbocycles. The number of nitrogens with zero attached hydrogens (tertiary/aromatic N) is 3. The predicted molar refractivity (Wildman–Crippen MR) is 64.2 cm³/mol. The lowest BCUT2D eigenvalue weighted by atomic mass is 10.1. The number of pyridine rings is 1. The molecule has 2 heterocycles. The summed E-state index contributed by atoms with van der Waals surface area (Å²) < 4.78 is 0. The molecule has 4 nitrogen and oxygen atoms in total. The predicted octanol–water partition coefficient (Wildman–Crippen LogP) is 2.28. The molecule has 0 amide bonds. The first kappa shape index (κ1) is 10.5. The van der Waals surface area contributed by atoms with Crippen LogP contribution in [0.25, 0.3) is 11.3 Å². The summed E-state index contributed by atoms with van der Waals surface area (Å²) >= 11 is 0. The third kappa shape index (κ3) is 2.34. The number of nitrogens with one attached hydrogen (secondary N) is 1. The average Bonchev–Trinajstić information content (AvgIpc) is 2.30. The summed E-state index contributed by atoms with van der Waals surface area (Å²) in [6.45, 7) is 4.90. The van der Waals surface area contributed by atoms with Crippen LogP contribution in [0.5, 0.6) is 0 Å². The molecule has 2 rings (SSSR count). The summed E-state index contributed by atoms with van der Waals surface area (Å²) in [6.07, 6.45) is 5.20. The normalized spacial score (nSPS) is 10.1. The Bertz CT molecular complexity index is 482. The first-order valence-corrected chi connectivity index (χ1v) is 5.27. The second-order valence-electron chi connectivity index (χ2n) is 3.57. The Kier molecular flexibility index (Phi) is 3.10. The molecule has 0 atom stereocenters. The quantitative estimate of drug-likeness (QED) is 0.851. The van der Waals surface area contributed by atoms with Gasteiger partial charge in [-0.1, -0.05) is 0 Å². The smallest absolute Gasteiger partial charge is 0.129 e. The van der Waals surface area contributed by atoms with Gasteiger partial charge in [-0.15, -0.1) is 0 Å². The van der Waals surface area contributed by atoms with Crippen LogP contribution in [0.4, 0.5) is 5.82 Å². The van der Waals surface area contributed by atoms with Gasteiger partial charge < -0.3 is 5.32 Å². The number of aryl methyl sites for hydroxylation is 1. The van der Waals surface area contributed by atoms with E-state index >= 15 is 0 Å². The van der Waals surface area contributed by atoms with Crippen molar-refractivity contribution in [3.05, 3.63) is 36.4 Å². The van der Waals surface area contributed by atoms with Gasteiger partial charge in [-0.25, -0.2) is 9.97 Å². The Labute approximate surface area is 94.8 Å². The van der Waals surface area contributed by atoms with Gasteiger partial charge in [-0.3, -0.25) is 4.98 Å². The maximum absolute atomic E-state index is 4.24. The fourth-order valence-electron chi connectivity index (χ4n) is 1.49. The van der Waals surface area contributed by atoms with Crippen LogP contribution in [0.1, 0.15) is 12.5 Å². The topological polar surface area (TPSA) is 50.7 Å². The van der Waals surface area contributed by atoms with Crippen LogP contribution in [0.2, 0.25) is 0 Å². The minimum absolute atomic E-state index is 0.842.